The van der Waals surface area contributed by atoms with Gasteiger partial charge < -0.3 is 4.90 Å². The van der Waals surface area contributed by atoms with E-state index in [0.717, 1.165) is 12.0 Å². The van der Waals surface area contributed by atoms with E-state index >= 15 is 0 Å². The molecular formula is C19H19NO3S. The first kappa shape index (κ1) is 16.5. The standard InChI is InChI=1S/C19H19NO3S/c1-3-4-7-15(21)12-14-10-11-19-17(13-14)20(2)16-8-5-6-9-18(16)24(19,22)23/h4-11,13H,3,12H2,1-2H3/b7-4-. The van der Waals surface area contributed by atoms with Crippen LogP contribution in [-0.2, 0) is 21.1 Å². The molecular weight excluding hydrogens is 322 g/mol. The van der Waals surface area contributed by atoms with Crippen LogP contribution in [-0.4, -0.2) is 21.2 Å². The van der Waals surface area contributed by atoms with E-state index in [-0.39, 0.29) is 17.1 Å². The highest BCUT2D eigenvalue weighted by molar-refractivity contribution is 7.92. The molecule has 24 heavy (non-hydrogen) atoms. The third-order valence-corrected chi connectivity index (χ3v) is 5.96. The van der Waals surface area contributed by atoms with Crippen molar-refractivity contribution in [3.63, 3.8) is 0 Å². The second-order valence-corrected chi connectivity index (χ2v) is 7.67. The number of hydrogen-bond acceptors (Lipinski definition) is 4. The number of rotatable bonds is 4. The summed E-state index contributed by atoms with van der Waals surface area (Å²) in [4.78, 5) is 14.4. The first-order valence-electron chi connectivity index (χ1n) is 7.85. The Kier molecular flexibility index (Phi) is 4.28. The Morgan fingerprint density at radius 3 is 2.54 bits per heavy atom. The monoisotopic (exact) mass is 341 g/mol. The second-order valence-electron chi connectivity index (χ2n) is 5.79. The molecule has 0 atom stereocenters. The number of carbonyl (C=O) groups excluding carboxylic acids is 1. The van der Waals surface area contributed by atoms with Crippen LogP contribution in [0.25, 0.3) is 0 Å². The Balaban J connectivity index is 2.04. The van der Waals surface area contributed by atoms with E-state index in [9.17, 15) is 13.2 Å². The number of allylic oxidation sites excluding steroid dienone is 2. The molecule has 0 aromatic heterocycles. The summed E-state index contributed by atoms with van der Waals surface area (Å²) >= 11 is 0. The summed E-state index contributed by atoms with van der Waals surface area (Å²) < 4.78 is 25.6. The summed E-state index contributed by atoms with van der Waals surface area (Å²) in [6.07, 6.45) is 4.48. The Morgan fingerprint density at radius 1 is 1.08 bits per heavy atom. The summed E-state index contributed by atoms with van der Waals surface area (Å²) in [5.41, 5.74) is 2.07. The van der Waals surface area contributed by atoms with Crippen LogP contribution < -0.4 is 4.90 Å². The molecule has 124 valence electrons. The minimum Gasteiger partial charge on any atom is -0.342 e. The van der Waals surface area contributed by atoms with Gasteiger partial charge in [0.25, 0.3) is 0 Å². The SMILES string of the molecule is CC/C=C\C(=O)Cc1ccc2c(c1)N(C)c1ccccc1S2(=O)=O. The van der Waals surface area contributed by atoms with Crippen molar-refractivity contribution in [2.24, 2.45) is 0 Å². The maximum Gasteiger partial charge on any atom is 0.210 e. The number of ketones is 1. The molecule has 0 spiro atoms. The van der Waals surface area contributed by atoms with Crippen molar-refractivity contribution in [1.29, 1.82) is 0 Å². The molecule has 0 fully saturated rings. The van der Waals surface area contributed by atoms with Crippen LogP contribution in [0.15, 0.2) is 64.4 Å². The van der Waals surface area contributed by atoms with Gasteiger partial charge in [-0.25, -0.2) is 8.42 Å². The maximum atomic E-state index is 12.8. The lowest BCUT2D eigenvalue weighted by atomic mass is 10.1. The summed E-state index contributed by atoms with van der Waals surface area (Å²) in [6.45, 7) is 1.97. The first-order chi connectivity index (χ1) is 11.4. The summed E-state index contributed by atoms with van der Waals surface area (Å²) in [7, 11) is -1.69. The molecule has 0 bridgehead atoms. The van der Waals surface area contributed by atoms with Crippen molar-refractivity contribution in [3.8, 4) is 0 Å². The van der Waals surface area contributed by atoms with Gasteiger partial charge in [0.15, 0.2) is 5.78 Å². The summed E-state index contributed by atoms with van der Waals surface area (Å²) in [5.74, 6) is 0.0125. The molecule has 0 amide bonds. The first-order valence-corrected chi connectivity index (χ1v) is 9.33. The number of anilines is 2. The van der Waals surface area contributed by atoms with Crippen molar-refractivity contribution in [2.45, 2.75) is 29.6 Å². The largest absolute Gasteiger partial charge is 0.342 e. The Hall–Kier alpha value is -2.40. The molecule has 3 rings (SSSR count). The molecule has 1 aliphatic rings. The molecule has 0 unspecified atom stereocenters. The van der Waals surface area contributed by atoms with E-state index in [1.54, 1.807) is 42.5 Å². The van der Waals surface area contributed by atoms with Gasteiger partial charge in [0, 0.05) is 13.5 Å². The van der Waals surface area contributed by atoms with Crippen molar-refractivity contribution in [1.82, 2.24) is 0 Å². The molecule has 0 saturated heterocycles. The van der Waals surface area contributed by atoms with Crippen molar-refractivity contribution in [3.05, 3.63) is 60.2 Å². The lowest BCUT2D eigenvalue weighted by Gasteiger charge is -2.30. The van der Waals surface area contributed by atoms with Gasteiger partial charge in [-0.15, -0.1) is 0 Å². The number of para-hydroxylation sites is 1. The zero-order chi connectivity index (χ0) is 17.3. The van der Waals surface area contributed by atoms with Crippen molar-refractivity contribution >= 4 is 27.0 Å². The molecule has 2 aromatic carbocycles. The number of carbonyl (C=O) groups is 1. The third kappa shape index (κ3) is 2.76. The van der Waals surface area contributed by atoms with Crippen LogP contribution in [0.4, 0.5) is 11.4 Å². The molecule has 2 aromatic rings. The Morgan fingerprint density at radius 2 is 1.79 bits per heavy atom. The van der Waals surface area contributed by atoms with E-state index < -0.39 is 9.84 Å². The average molecular weight is 341 g/mol. The molecule has 4 nitrogen and oxygen atoms in total. The van der Waals surface area contributed by atoms with Crippen LogP contribution in [0.3, 0.4) is 0 Å². The van der Waals surface area contributed by atoms with E-state index in [0.29, 0.717) is 16.3 Å². The molecule has 0 saturated carbocycles. The van der Waals surface area contributed by atoms with Crippen LogP contribution in [0.5, 0.6) is 0 Å². The number of sulfone groups is 1. The zero-order valence-electron chi connectivity index (χ0n) is 13.7. The molecule has 0 N–H and O–H groups in total. The van der Waals surface area contributed by atoms with E-state index in [1.165, 1.54) is 0 Å². The van der Waals surface area contributed by atoms with Crippen LogP contribution in [0, 0.1) is 0 Å². The average Bonchev–Trinajstić information content (AvgIpc) is 2.58. The van der Waals surface area contributed by atoms with Crippen LogP contribution in [0.2, 0.25) is 0 Å². The Bertz CT molecular complexity index is 929. The van der Waals surface area contributed by atoms with Gasteiger partial charge in [0.1, 0.15) is 0 Å². The number of fused-ring (bicyclic) bond motifs is 2. The van der Waals surface area contributed by atoms with E-state index in [4.69, 9.17) is 0 Å². The molecule has 1 heterocycles. The molecule has 1 aliphatic heterocycles. The lowest BCUT2D eigenvalue weighted by molar-refractivity contribution is -0.114. The number of benzene rings is 2. The number of nitrogens with zero attached hydrogens (tertiary/aromatic N) is 1. The van der Waals surface area contributed by atoms with Gasteiger partial charge in [0.05, 0.1) is 21.2 Å². The van der Waals surface area contributed by atoms with Gasteiger partial charge >= 0.3 is 0 Å². The fraction of sp³-hybridized carbons (Fsp3) is 0.211. The molecule has 0 aliphatic carbocycles. The predicted molar refractivity (Wildman–Crippen MR) is 94.5 cm³/mol. The Labute approximate surface area is 142 Å². The minimum absolute atomic E-state index is 0.0125. The van der Waals surface area contributed by atoms with Gasteiger partial charge in [-0.1, -0.05) is 31.2 Å². The quantitative estimate of drug-likeness (QED) is 0.796. The van der Waals surface area contributed by atoms with Gasteiger partial charge in [-0.3, -0.25) is 4.79 Å². The van der Waals surface area contributed by atoms with Crippen LogP contribution >= 0.6 is 0 Å². The van der Waals surface area contributed by atoms with Gasteiger partial charge in [-0.05, 0) is 42.3 Å². The smallest absolute Gasteiger partial charge is 0.210 e. The van der Waals surface area contributed by atoms with E-state index in [2.05, 4.69) is 0 Å². The van der Waals surface area contributed by atoms with Gasteiger partial charge in [-0.2, -0.15) is 0 Å². The summed E-state index contributed by atoms with van der Waals surface area (Å²) in [5, 5.41) is 0. The minimum atomic E-state index is -3.53. The van der Waals surface area contributed by atoms with Crippen LogP contribution in [0.1, 0.15) is 18.9 Å². The fourth-order valence-corrected chi connectivity index (χ4v) is 4.57. The number of hydrogen-bond donors (Lipinski definition) is 0. The predicted octanol–water partition coefficient (Wildman–Crippen LogP) is 3.68. The third-order valence-electron chi connectivity index (χ3n) is 4.11. The highest BCUT2D eigenvalue weighted by atomic mass is 32.2. The lowest BCUT2D eigenvalue weighted by Crippen LogP contribution is -2.22. The van der Waals surface area contributed by atoms with Gasteiger partial charge in [0.2, 0.25) is 9.84 Å². The van der Waals surface area contributed by atoms with E-state index in [1.807, 2.05) is 31.0 Å². The fourth-order valence-electron chi connectivity index (χ4n) is 2.88. The molecule has 0 radical (unpaired) electrons. The highest BCUT2D eigenvalue weighted by Gasteiger charge is 2.32. The maximum absolute atomic E-state index is 12.8. The molecule has 5 heteroatoms. The highest BCUT2D eigenvalue weighted by Crippen LogP contribution is 2.43. The topological polar surface area (TPSA) is 54.5 Å². The van der Waals surface area contributed by atoms with Crippen molar-refractivity contribution < 1.29 is 13.2 Å². The normalized spacial score (nSPS) is 15.2. The zero-order valence-corrected chi connectivity index (χ0v) is 14.5. The second kappa shape index (κ2) is 6.24. The summed E-state index contributed by atoms with van der Waals surface area (Å²) in [6, 6.07) is 12.1. The van der Waals surface area contributed by atoms with Crippen molar-refractivity contribution in [2.75, 3.05) is 11.9 Å².